The Balaban J connectivity index is 0.00000220. The number of rotatable bonds is 5. The van der Waals surface area contributed by atoms with E-state index in [1.807, 2.05) is 7.05 Å². The summed E-state index contributed by atoms with van der Waals surface area (Å²) in [5, 5.41) is 6.67. The van der Waals surface area contributed by atoms with E-state index in [9.17, 15) is 0 Å². The molecule has 0 aromatic heterocycles. The highest BCUT2D eigenvalue weighted by Crippen LogP contribution is 2.17. The second-order valence-electron chi connectivity index (χ2n) is 5.22. The van der Waals surface area contributed by atoms with Gasteiger partial charge in [0.25, 0.3) is 0 Å². The number of aliphatic imine (C=N–C) groups is 1. The van der Waals surface area contributed by atoms with E-state index in [4.69, 9.17) is 0 Å². The zero-order chi connectivity index (χ0) is 14.2. The first kappa shape index (κ1) is 18.2. The zero-order valence-corrected chi connectivity index (χ0v) is 15.4. The summed E-state index contributed by atoms with van der Waals surface area (Å²) in [6.45, 7) is 7.34. The van der Waals surface area contributed by atoms with Gasteiger partial charge in [-0.15, -0.1) is 24.0 Å². The second kappa shape index (κ2) is 10.00. The van der Waals surface area contributed by atoms with Gasteiger partial charge in [0.05, 0.1) is 0 Å². The van der Waals surface area contributed by atoms with Crippen molar-refractivity contribution in [2.75, 3.05) is 33.2 Å². The highest BCUT2D eigenvalue weighted by atomic mass is 127. The fourth-order valence-corrected chi connectivity index (χ4v) is 2.54. The minimum Gasteiger partial charge on any atom is -0.356 e. The third-order valence-corrected chi connectivity index (χ3v) is 3.70. The Morgan fingerprint density at radius 1 is 1.19 bits per heavy atom. The Bertz CT molecular complexity index is 448. The largest absolute Gasteiger partial charge is 0.356 e. The third-order valence-electron chi connectivity index (χ3n) is 3.70. The SMILES string of the molecule is CCCNC(=NC)NCCN1CCc2ccccc2C1.I. The minimum atomic E-state index is 0. The summed E-state index contributed by atoms with van der Waals surface area (Å²) in [4.78, 5) is 6.72. The molecule has 1 aliphatic heterocycles. The molecule has 5 heteroatoms. The smallest absolute Gasteiger partial charge is 0.191 e. The van der Waals surface area contributed by atoms with Crippen LogP contribution < -0.4 is 10.6 Å². The molecule has 1 heterocycles. The van der Waals surface area contributed by atoms with E-state index < -0.39 is 0 Å². The summed E-state index contributed by atoms with van der Waals surface area (Å²) in [6, 6.07) is 8.77. The number of nitrogens with one attached hydrogen (secondary N) is 2. The van der Waals surface area contributed by atoms with Crippen LogP contribution in [0.25, 0.3) is 0 Å². The van der Waals surface area contributed by atoms with Gasteiger partial charge in [0.2, 0.25) is 0 Å². The van der Waals surface area contributed by atoms with Crippen LogP contribution in [0.4, 0.5) is 0 Å². The second-order valence-corrected chi connectivity index (χ2v) is 5.22. The molecule has 0 amide bonds. The Hall–Kier alpha value is -0.820. The van der Waals surface area contributed by atoms with Gasteiger partial charge >= 0.3 is 0 Å². The van der Waals surface area contributed by atoms with Gasteiger partial charge in [-0.3, -0.25) is 9.89 Å². The van der Waals surface area contributed by atoms with Crippen molar-refractivity contribution < 1.29 is 0 Å². The molecule has 0 spiro atoms. The Labute approximate surface area is 145 Å². The van der Waals surface area contributed by atoms with Crippen molar-refractivity contribution in [2.24, 2.45) is 4.99 Å². The molecule has 1 aliphatic rings. The third kappa shape index (κ3) is 5.82. The van der Waals surface area contributed by atoms with Crippen LogP contribution in [-0.4, -0.2) is 44.1 Å². The predicted molar refractivity (Wildman–Crippen MR) is 100 cm³/mol. The fraction of sp³-hybridized carbons (Fsp3) is 0.562. The van der Waals surface area contributed by atoms with Crippen LogP contribution in [0, 0.1) is 0 Å². The maximum atomic E-state index is 4.22. The molecule has 4 nitrogen and oxygen atoms in total. The van der Waals surface area contributed by atoms with Gasteiger partial charge in [-0.25, -0.2) is 0 Å². The molecule has 1 aromatic carbocycles. The fourth-order valence-electron chi connectivity index (χ4n) is 2.54. The molecular formula is C16H27IN4. The molecule has 0 saturated heterocycles. The van der Waals surface area contributed by atoms with Crippen LogP contribution in [0.15, 0.2) is 29.3 Å². The average molecular weight is 402 g/mol. The summed E-state index contributed by atoms with van der Waals surface area (Å²) in [7, 11) is 1.82. The monoisotopic (exact) mass is 402 g/mol. The molecule has 2 N–H and O–H groups in total. The van der Waals surface area contributed by atoms with E-state index in [0.29, 0.717) is 0 Å². The number of benzene rings is 1. The van der Waals surface area contributed by atoms with Gasteiger partial charge < -0.3 is 10.6 Å². The lowest BCUT2D eigenvalue weighted by atomic mass is 10.00. The highest BCUT2D eigenvalue weighted by Gasteiger charge is 2.14. The van der Waals surface area contributed by atoms with Crippen LogP contribution in [0.2, 0.25) is 0 Å². The van der Waals surface area contributed by atoms with Crippen molar-refractivity contribution in [3.8, 4) is 0 Å². The minimum absolute atomic E-state index is 0. The maximum Gasteiger partial charge on any atom is 0.191 e. The van der Waals surface area contributed by atoms with Gasteiger partial charge in [0.1, 0.15) is 0 Å². The summed E-state index contributed by atoms with van der Waals surface area (Å²) < 4.78 is 0. The predicted octanol–water partition coefficient (Wildman–Crippen LogP) is 2.24. The summed E-state index contributed by atoms with van der Waals surface area (Å²) in [5.41, 5.74) is 2.99. The van der Waals surface area contributed by atoms with Crippen LogP contribution in [-0.2, 0) is 13.0 Å². The Kier molecular flexibility index (Phi) is 8.68. The van der Waals surface area contributed by atoms with Crippen molar-refractivity contribution >= 4 is 29.9 Å². The average Bonchev–Trinajstić information content (AvgIpc) is 2.50. The van der Waals surface area contributed by atoms with E-state index in [-0.39, 0.29) is 24.0 Å². The molecule has 0 unspecified atom stereocenters. The van der Waals surface area contributed by atoms with Gasteiger partial charge in [-0.05, 0) is 24.0 Å². The standard InChI is InChI=1S/C16H26N4.HI/c1-3-9-18-16(17-2)19-10-12-20-11-8-14-6-4-5-7-15(14)13-20;/h4-7H,3,8-13H2,1-2H3,(H2,17,18,19);1H. The number of guanidine groups is 1. The molecular weight excluding hydrogens is 375 g/mol. The lowest BCUT2D eigenvalue weighted by molar-refractivity contribution is 0.258. The molecule has 0 bridgehead atoms. The lowest BCUT2D eigenvalue weighted by Crippen LogP contribution is -2.42. The number of fused-ring (bicyclic) bond motifs is 1. The van der Waals surface area contributed by atoms with Crippen LogP contribution >= 0.6 is 24.0 Å². The molecule has 0 saturated carbocycles. The quantitative estimate of drug-likeness (QED) is 0.451. The molecule has 1 aromatic rings. The molecule has 21 heavy (non-hydrogen) atoms. The van der Waals surface area contributed by atoms with Crippen LogP contribution in [0.3, 0.4) is 0 Å². The first-order valence-electron chi connectivity index (χ1n) is 7.57. The van der Waals surface area contributed by atoms with Gasteiger partial charge in [0.15, 0.2) is 5.96 Å². The highest BCUT2D eigenvalue weighted by molar-refractivity contribution is 14.0. The molecule has 0 atom stereocenters. The number of hydrogen-bond acceptors (Lipinski definition) is 2. The molecule has 118 valence electrons. The lowest BCUT2D eigenvalue weighted by Gasteiger charge is -2.28. The first-order chi connectivity index (χ1) is 9.83. The number of halogens is 1. The molecule has 0 aliphatic carbocycles. The van der Waals surface area contributed by atoms with E-state index in [1.165, 1.54) is 17.5 Å². The molecule has 2 rings (SSSR count). The van der Waals surface area contributed by atoms with E-state index >= 15 is 0 Å². The molecule has 0 fully saturated rings. The number of hydrogen-bond donors (Lipinski definition) is 2. The van der Waals surface area contributed by atoms with Crippen molar-refractivity contribution in [1.29, 1.82) is 0 Å². The normalized spacial score (nSPS) is 15.0. The zero-order valence-electron chi connectivity index (χ0n) is 13.1. The Morgan fingerprint density at radius 3 is 2.62 bits per heavy atom. The van der Waals surface area contributed by atoms with Gasteiger partial charge in [-0.2, -0.15) is 0 Å². The van der Waals surface area contributed by atoms with Crippen molar-refractivity contribution in [2.45, 2.75) is 26.3 Å². The van der Waals surface area contributed by atoms with E-state index in [0.717, 1.165) is 45.1 Å². The van der Waals surface area contributed by atoms with E-state index in [1.54, 1.807) is 0 Å². The topological polar surface area (TPSA) is 39.7 Å². The van der Waals surface area contributed by atoms with E-state index in [2.05, 4.69) is 51.7 Å². The summed E-state index contributed by atoms with van der Waals surface area (Å²) >= 11 is 0. The summed E-state index contributed by atoms with van der Waals surface area (Å²) in [6.07, 6.45) is 2.28. The van der Waals surface area contributed by atoms with Crippen LogP contribution in [0.1, 0.15) is 24.5 Å². The van der Waals surface area contributed by atoms with Gasteiger partial charge in [0, 0.05) is 39.8 Å². The van der Waals surface area contributed by atoms with Crippen molar-refractivity contribution in [1.82, 2.24) is 15.5 Å². The van der Waals surface area contributed by atoms with Gasteiger partial charge in [-0.1, -0.05) is 31.2 Å². The molecule has 0 radical (unpaired) electrons. The first-order valence-corrected chi connectivity index (χ1v) is 7.57. The maximum absolute atomic E-state index is 4.22. The van der Waals surface area contributed by atoms with Crippen molar-refractivity contribution in [3.63, 3.8) is 0 Å². The van der Waals surface area contributed by atoms with Crippen molar-refractivity contribution in [3.05, 3.63) is 35.4 Å². The summed E-state index contributed by atoms with van der Waals surface area (Å²) in [5.74, 6) is 0.907. The Morgan fingerprint density at radius 2 is 1.90 bits per heavy atom. The number of nitrogens with zero attached hydrogens (tertiary/aromatic N) is 2. The van der Waals surface area contributed by atoms with Crippen LogP contribution in [0.5, 0.6) is 0 Å².